The number of pyridine rings is 1. The van der Waals surface area contributed by atoms with E-state index in [0.717, 1.165) is 11.1 Å². The van der Waals surface area contributed by atoms with Gasteiger partial charge in [-0.3, -0.25) is 0 Å². The molecule has 1 heterocycles. The molecule has 5 heteroatoms. The maximum absolute atomic E-state index is 5.95. The minimum atomic E-state index is 0.357. The van der Waals surface area contributed by atoms with Crippen LogP contribution in [0.5, 0.6) is 5.88 Å². The van der Waals surface area contributed by atoms with Crippen molar-refractivity contribution in [2.24, 2.45) is 0 Å². The highest BCUT2D eigenvalue weighted by atomic mass is 35.5. The van der Waals surface area contributed by atoms with Gasteiger partial charge < -0.3 is 4.74 Å². The summed E-state index contributed by atoms with van der Waals surface area (Å²) in [6.45, 7) is 0. The third-order valence-corrected chi connectivity index (χ3v) is 2.81. The number of ether oxygens (including phenoxy) is 1. The molecule has 0 aliphatic carbocycles. The lowest BCUT2D eigenvalue weighted by molar-refractivity contribution is 0.398. The van der Waals surface area contributed by atoms with Crippen molar-refractivity contribution in [1.29, 1.82) is 0 Å². The average Bonchev–Trinajstić information content (AvgIpc) is 2.26. The molecule has 0 amide bonds. The van der Waals surface area contributed by atoms with Crippen molar-refractivity contribution in [1.82, 2.24) is 4.98 Å². The first-order valence-electron chi connectivity index (χ1n) is 4.76. The fourth-order valence-corrected chi connectivity index (χ4v) is 2.19. The smallest absolute Gasteiger partial charge is 0.214 e. The Morgan fingerprint density at radius 3 is 2.06 bits per heavy atom. The van der Waals surface area contributed by atoms with Crippen LogP contribution in [0, 0.1) is 0 Å². The van der Waals surface area contributed by atoms with Crippen LogP contribution in [0.15, 0.2) is 30.3 Å². The monoisotopic (exact) mass is 287 g/mol. The lowest BCUT2D eigenvalue weighted by Crippen LogP contribution is -1.89. The van der Waals surface area contributed by atoms with Crippen molar-refractivity contribution in [3.05, 3.63) is 45.5 Å². The fraction of sp³-hybridized carbons (Fsp3) is 0.0833. The van der Waals surface area contributed by atoms with Crippen molar-refractivity contribution in [2.45, 2.75) is 0 Å². The molecule has 0 fully saturated rings. The molecule has 0 unspecified atom stereocenters. The Morgan fingerprint density at radius 1 is 0.882 bits per heavy atom. The summed E-state index contributed by atoms with van der Waals surface area (Å²) in [4.78, 5) is 4.00. The van der Waals surface area contributed by atoms with Crippen LogP contribution in [0.3, 0.4) is 0 Å². The van der Waals surface area contributed by atoms with Crippen molar-refractivity contribution < 1.29 is 4.74 Å². The molecular weight excluding hydrogens is 280 g/mol. The Morgan fingerprint density at radius 2 is 1.47 bits per heavy atom. The molecule has 0 aliphatic heterocycles. The second-order valence-electron chi connectivity index (χ2n) is 3.38. The number of rotatable bonds is 2. The van der Waals surface area contributed by atoms with Crippen LogP contribution in [0.2, 0.25) is 15.2 Å². The first-order valence-corrected chi connectivity index (χ1v) is 5.90. The summed E-state index contributed by atoms with van der Waals surface area (Å²) in [5.74, 6) is 0.448. The van der Waals surface area contributed by atoms with E-state index in [0.29, 0.717) is 21.1 Å². The Bertz CT molecular complexity index is 537. The molecule has 0 N–H and O–H groups in total. The molecular formula is C12H8Cl3NO. The molecule has 0 bridgehead atoms. The van der Waals surface area contributed by atoms with E-state index in [1.165, 1.54) is 7.11 Å². The molecule has 88 valence electrons. The molecule has 0 saturated heterocycles. The van der Waals surface area contributed by atoms with E-state index < -0.39 is 0 Å². The first kappa shape index (κ1) is 12.5. The van der Waals surface area contributed by atoms with E-state index in [2.05, 4.69) is 4.98 Å². The quantitative estimate of drug-likeness (QED) is 0.746. The largest absolute Gasteiger partial charge is 0.481 e. The third kappa shape index (κ3) is 3.03. The first-order chi connectivity index (χ1) is 8.08. The van der Waals surface area contributed by atoms with Gasteiger partial charge in [-0.15, -0.1) is 0 Å². The second-order valence-corrected chi connectivity index (χ2v) is 4.64. The van der Waals surface area contributed by atoms with Crippen molar-refractivity contribution in [3.63, 3.8) is 0 Å². The van der Waals surface area contributed by atoms with Crippen molar-refractivity contribution in [3.8, 4) is 17.0 Å². The highest BCUT2D eigenvalue weighted by Crippen LogP contribution is 2.30. The number of methoxy groups -OCH3 is 1. The molecule has 0 atom stereocenters. The van der Waals surface area contributed by atoms with Crippen LogP contribution in [-0.4, -0.2) is 12.1 Å². The summed E-state index contributed by atoms with van der Waals surface area (Å²) in [7, 11) is 1.54. The fourth-order valence-electron chi connectivity index (χ4n) is 1.46. The minimum Gasteiger partial charge on any atom is -0.481 e. The van der Waals surface area contributed by atoms with Crippen LogP contribution in [0.4, 0.5) is 0 Å². The number of hydrogen-bond donors (Lipinski definition) is 0. The Balaban J connectivity index is 2.55. The van der Waals surface area contributed by atoms with E-state index in [-0.39, 0.29) is 0 Å². The number of nitrogens with zero attached hydrogens (tertiary/aromatic N) is 1. The minimum absolute atomic E-state index is 0.357. The normalized spacial score (nSPS) is 10.4. The number of halogens is 3. The summed E-state index contributed by atoms with van der Waals surface area (Å²) < 4.78 is 5.06. The molecule has 2 rings (SSSR count). The summed E-state index contributed by atoms with van der Waals surface area (Å²) in [5, 5.41) is 1.49. The molecule has 0 aliphatic rings. The van der Waals surface area contributed by atoms with Gasteiger partial charge in [0.25, 0.3) is 0 Å². The summed E-state index contributed by atoms with van der Waals surface area (Å²) in [6.07, 6.45) is 0. The van der Waals surface area contributed by atoms with Crippen LogP contribution in [0.1, 0.15) is 0 Å². The number of aromatic nitrogens is 1. The van der Waals surface area contributed by atoms with E-state index >= 15 is 0 Å². The number of benzene rings is 1. The Kier molecular flexibility index (Phi) is 3.77. The topological polar surface area (TPSA) is 22.1 Å². The van der Waals surface area contributed by atoms with Gasteiger partial charge in [0, 0.05) is 16.1 Å². The molecule has 1 aromatic heterocycles. The second kappa shape index (κ2) is 5.13. The van der Waals surface area contributed by atoms with Gasteiger partial charge in [0.15, 0.2) is 0 Å². The summed E-state index contributed by atoms with van der Waals surface area (Å²) in [5.41, 5.74) is 1.72. The average molecular weight is 289 g/mol. The highest BCUT2D eigenvalue weighted by molar-refractivity contribution is 6.35. The SMILES string of the molecule is COc1cc(-c2cc(Cl)cc(Cl)c2)cc(Cl)n1. The van der Waals surface area contributed by atoms with Gasteiger partial charge in [-0.1, -0.05) is 34.8 Å². The van der Waals surface area contributed by atoms with E-state index in [9.17, 15) is 0 Å². The summed E-state index contributed by atoms with van der Waals surface area (Å²) >= 11 is 17.8. The molecule has 0 radical (unpaired) electrons. The van der Waals surface area contributed by atoms with Gasteiger partial charge in [0.05, 0.1) is 7.11 Å². The zero-order valence-electron chi connectivity index (χ0n) is 8.88. The Hall–Kier alpha value is -0.960. The van der Waals surface area contributed by atoms with Gasteiger partial charge in [-0.2, -0.15) is 0 Å². The predicted molar refractivity (Wildman–Crippen MR) is 71.3 cm³/mol. The number of hydrogen-bond acceptors (Lipinski definition) is 2. The predicted octanol–water partition coefficient (Wildman–Crippen LogP) is 4.72. The van der Waals surface area contributed by atoms with Gasteiger partial charge >= 0.3 is 0 Å². The van der Waals surface area contributed by atoms with Crippen molar-refractivity contribution in [2.75, 3.05) is 7.11 Å². The maximum atomic E-state index is 5.95. The van der Waals surface area contributed by atoms with Gasteiger partial charge in [0.2, 0.25) is 5.88 Å². The third-order valence-electron chi connectivity index (χ3n) is 2.18. The molecule has 2 aromatic rings. The Labute approximate surface area is 114 Å². The molecule has 0 saturated carbocycles. The lowest BCUT2D eigenvalue weighted by Gasteiger charge is -2.06. The van der Waals surface area contributed by atoms with Crippen LogP contribution in [-0.2, 0) is 0 Å². The zero-order valence-corrected chi connectivity index (χ0v) is 11.1. The molecule has 2 nitrogen and oxygen atoms in total. The van der Waals surface area contributed by atoms with E-state index in [1.807, 2.05) is 0 Å². The highest BCUT2D eigenvalue weighted by Gasteiger charge is 2.06. The molecule has 17 heavy (non-hydrogen) atoms. The maximum Gasteiger partial charge on any atom is 0.214 e. The van der Waals surface area contributed by atoms with Crippen LogP contribution < -0.4 is 4.74 Å². The van der Waals surface area contributed by atoms with Gasteiger partial charge in [-0.05, 0) is 35.4 Å². The van der Waals surface area contributed by atoms with Gasteiger partial charge in [0.1, 0.15) is 5.15 Å². The van der Waals surface area contributed by atoms with E-state index in [1.54, 1.807) is 30.3 Å². The molecule has 1 aromatic carbocycles. The van der Waals surface area contributed by atoms with Gasteiger partial charge in [-0.25, -0.2) is 4.98 Å². The van der Waals surface area contributed by atoms with E-state index in [4.69, 9.17) is 39.5 Å². The van der Waals surface area contributed by atoms with Crippen molar-refractivity contribution >= 4 is 34.8 Å². The zero-order chi connectivity index (χ0) is 12.4. The summed E-state index contributed by atoms with van der Waals surface area (Å²) in [6, 6.07) is 8.78. The van der Waals surface area contributed by atoms with Crippen LogP contribution >= 0.6 is 34.8 Å². The standard InChI is InChI=1S/C12H8Cl3NO/c1-17-12-5-8(4-11(15)16-12)7-2-9(13)6-10(14)3-7/h2-6H,1H3. The lowest BCUT2D eigenvalue weighted by atomic mass is 10.1. The van der Waals surface area contributed by atoms with Crippen LogP contribution in [0.25, 0.3) is 11.1 Å². The molecule has 0 spiro atoms.